The van der Waals surface area contributed by atoms with Crippen LogP contribution in [0.1, 0.15) is 26.7 Å². The molecule has 19 heavy (non-hydrogen) atoms. The van der Waals surface area contributed by atoms with E-state index in [4.69, 9.17) is 0 Å². The maximum atomic E-state index is 11.8. The summed E-state index contributed by atoms with van der Waals surface area (Å²) in [7, 11) is 0. The van der Waals surface area contributed by atoms with Crippen LogP contribution in [-0.4, -0.2) is 28.4 Å². The molecule has 0 bridgehead atoms. The molecule has 0 heterocycles. The molecule has 3 nitrogen and oxygen atoms in total. The third kappa shape index (κ3) is 3.51. The maximum Gasteiger partial charge on any atom is 0.325 e. The van der Waals surface area contributed by atoms with Crippen molar-refractivity contribution >= 4 is 17.7 Å². The highest BCUT2D eigenvalue weighted by Crippen LogP contribution is 2.43. The number of carboxylic acids is 1. The molecule has 0 radical (unpaired) electrons. The molecule has 1 atom stereocenters. The summed E-state index contributed by atoms with van der Waals surface area (Å²) in [5, 5.41) is 13.0. The normalized spacial score (nSPS) is 18.3. The second-order valence-electron chi connectivity index (χ2n) is 5.45. The van der Waals surface area contributed by atoms with Crippen LogP contribution in [-0.2, 0) is 4.79 Å². The van der Waals surface area contributed by atoms with E-state index >= 15 is 0 Å². The van der Waals surface area contributed by atoms with E-state index in [1.807, 2.05) is 44.2 Å². The average molecular weight is 279 g/mol. The van der Waals surface area contributed by atoms with Crippen molar-refractivity contribution in [3.05, 3.63) is 30.3 Å². The number of rotatable bonds is 7. The lowest BCUT2D eigenvalue weighted by Crippen LogP contribution is -2.58. The molecular weight excluding hydrogens is 258 g/mol. The van der Waals surface area contributed by atoms with Gasteiger partial charge in [-0.3, -0.25) is 10.1 Å². The highest BCUT2D eigenvalue weighted by atomic mass is 32.2. The van der Waals surface area contributed by atoms with Crippen molar-refractivity contribution in [3.63, 3.8) is 0 Å². The van der Waals surface area contributed by atoms with E-state index in [0.29, 0.717) is 5.75 Å². The van der Waals surface area contributed by atoms with Gasteiger partial charge in [-0.05, 0) is 44.7 Å². The van der Waals surface area contributed by atoms with Gasteiger partial charge in [0.05, 0.1) is 0 Å². The van der Waals surface area contributed by atoms with Gasteiger partial charge in [0.25, 0.3) is 0 Å². The number of benzene rings is 1. The van der Waals surface area contributed by atoms with Gasteiger partial charge in [0, 0.05) is 16.7 Å². The van der Waals surface area contributed by atoms with Gasteiger partial charge in [-0.2, -0.15) is 0 Å². The van der Waals surface area contributed by atoms with Crippen molar-refractivity contribution in [2.24, 2.45) is 5.92 Å². The van der Waals surface area contributed by atoms with E-state index in [0.717, 1.165) is 17.7 Å². The van der Waals surface area contributed by atoms with Gasteiger partial charge in [-0.15, -0.1) is 11.8 Å². The van der Waals surface area contributed by atoms with Gasteiger partial charge in [0.2, 0.25) is 0 Å². The zero-order chi connectivity index (χ0) is 13.9. The Bertz CT molecular complexity index is 431. The van der Waals surface area contributed by atoms with Crippen molar-refractivity contribution in [2.45, 2.75) is 43.2 Å². The molecule has 0 amide bonds. The summed E-state index contributed by atoms with van der Waals surface area (Å²) < 4.78 is 0. The van der Waals surface area contributed by atoms with Crippen molar-refractivity contribution in [2.75, 3.05) is 5.75 Å². The lowest BCUT2D eigenvalue weighted by atomic mass is 9.94. The zero-order valence-corrected chi connectivity index (χ0v) is 12.2. The number of hydrogen-bond acceptors (Lipinski definition) is 3. The quantitative estimate of drug-likeness (QED) is 0.753. The van der Waals surface area contributed by atoms with Crippen molar-refractivity contribution in [1.82, 2.24) is 5.32 Å². The first-order chi connectivity index (χ1) is 9.04. The van der Waals surface area contributed by atoms with Gasteiger partial charge < -0.3 is 5.11 Å². The second-order valence-corrected chi connectivity index (χ2v) is 6.50. The van der Waals surface area contributed by atoms with Crippen molar-refractivity contribution < 1.29 is 9.90 Å². The van der Waals surface area contributed by atoms with Gasteiger partial charge >= 0.3 is 5.97 Å². The third-order valence-electron chi connectivity index (χ3n) is 3.41. The summed E-state index contributed by atoms with van der Waals surface area (Å²) in [5.41, 5.74) is -0.783. The highest BCUT2D eigenvalue weighted by Gasteiger charge is 2.51. The Kier molecular flexibility index (Phi) is 4.53. The number of carbonyl (C=O) groups is 1. The monoisotopic (exact) mass is 279 g/mol. The maximum absolute atomic E-state index is 11.8. The predicted octanol–water partition coefficient (Wildman–Crippen LogP) is 3.01. The minimum atomic E-state index is -0.783. The van der Waals surface area contributed by atoms with Crippen LogP contribution in [0.3, 0.4) is 0 Å². The molecule has 2 rings (SSSR count). The van der Waals surface area contributed by atoms with E-state index in [9.17, 15) is 9.90 Å². The first-order valence-electron chi connectivity index (χ1n) is 6.73. The van der Waals surface area contributed by atoms with Gasteiger partial charge in [0.15, 0.2) is 0 Å². The largest absolute Gasteiger partial charge is 0.480 e. The van der Waals surface area contributed by atoms with Crippen LogP contribution < -0.4 is 5.32 Å². The van der Waals surface area contributed by atoms with Crippen LogP contribution in [0.5, 0.6) is 0 Å². The summed E-state index contributed by atoms with van der Waals surface area (Å²) in [6, 6.07) is 10.2. The zero-order valence-electron chi connectivity index (χ0n) is 11.4. The molecule has 1 aliphatic carbocycles. The fraction of sp³-hybridized carbons (Fsp3) is 0.533. The standard InChI is InChI=1S/C15H21NO2S/c1-11(2)16-15(14(17)18,12-8-9-12)10-19-13-6-4-3-5-7-13/h3-7,11-12,16H,8-10H2,1-2H3,(H,17,18). The van der Waals surface area contributed by atoms with E-state index in [2.05, 4.69) is 5.32 Å². The molecule has 0 aromatic heterocycles. The molecule has 1 aromatic rings. The van der Waals surface area contributed by atoms with Gasteiger partial charge in [-0.1, -0.05) is 18.2 Å². The van der Waals surface area contributed by atoms with Crippen LogP contribution in [0.25, 0.3) is 0 Å². The van der Waals surface area contributed by atoms with E-state index in [1.54, 1.807) is 11.8 Å². The Hall–Kier alpha value is -1.00. The lowest BCUT2D eigenvalue weighted by molar-refractivity contribution is -0.145. The Labute approximate surface area is 118 Å². The predicted molar refractivity (Wildman–Crippen MR) is 78.5 cm³/mol. The fourth-order valence-electron chi connectivity index (χ4n) is 2.38. The van der Waals surface area contributed by atoms with E-state index < -0.39 is 11.5 Å². The molecule has 4 heteroatoms. The van der Waals surface area contributed by atoms with E-state index in [-0.39, 0.29) is 12.0 Å². The third-order valence-corrected chi connectivity index (χ3v) is 4.62. The fourth-order valence-corrected chi connectivity index (χ4v) is 3.57. The minimum absolute atomic E-state index is 0.174. The number of hydrogen-bond donors (Lipinski definition) is 2. The Morgan fingerprint density at radius 1 is 1.42 bits per heavy atom. The molecule has 1 aromatic carbocycles. The summed E-state index contributed by atoms with van der Waals surface area (Å²) in [6.07, 6.45) is 2.03. The van der Waals surface area contributed by atoms with Crippen molar-refractivity contribution in [3.8, 4) is 0 Å². The van der Waals surface area contributed by atoms with Gasteiger partial charge in [0.1, 0.15) is 5.54 Å². The molecule has 0 aliphatic heterocycles. The van der Waals surface area contributed by atoms with E-state index in [1.165, 1.54) is 0 Å². The number of aliphatic carboxylic acids is 1. The smallest absolute Gasteiger partial charge is 0.325 e. The summed E-state index contributed by atoms with van der Waals surface area (Å²) >= 11 is 1.62. The molecule has 104 valence electrons. The minimum Gasteiger partial charge on any atom is -0.480 e. The molecule has 0 saturated heterocycles. The summed E-state index contributed by atoms with van der Waals surface area (Å²) in [6.45, 7) is 4.01. The number of thioether (sulfide) groups is 1. The Morgan fingerprint density at radius 2 is 2.05 bits per heavy atom. The molecule has 1 unspecified atom stereocenters. The van der Waals surface area contributed by atoms with Gasteiger partial charge in [-0.25, -0.2) is 0 Å². The highest BCUT2D eigenvalue weighted by molar-refractivity contribution is 7.99. The van der Waals surface area contributed by atoms with Crippen molar-refractivity contribution in [1.29, 1.82) is 0 Å². The summed E-state index contributed by atoms with van der Waals surface area (Å²) in [5.74, 6) is 0.130. The Morgan fingerprint density at radius 3 is 2.53 bits per heavy atom. The Balaban J connectivity index is 2.11. The lowest BCUT2D eigenvalue weighted by Gasteiger charge is -2.32. The molecular formula is C15H21NO2S. The SMILES string of the molecule is CC(C)NC(CSc1ccccc1)(C(=O)O)C1CC1. The average Bonchev–Trinajstić information content (AvgIpc) is 3.19. The topological polar surface area (TPSA) is 49.3 Å². The molecule has 2 N–H and O–H groups in total. The van der Waals surface area contributed by atoms with Crippen LogP contribution in [0.2, 0.25) is 0 Å². The molecule has 1 saturated carbocycles. The van der Waals surface area contributed by atoms with Crippen LogP contribution in [0, 0.1) is 5.92 Å². The van der Waals surface area contributed by atoms with Crippen LogP contribution in [0.15, 0.2) is 35.2 Å². The molecule has 0 spiro atoms. The number of carboxylic acid groups (broad SMARTS) is 1. The second kappa shape index (κ2) is 5.97. The molecule has 1 fully saturated rings. The first-order valence-corrected chi connectivity index (χ1v) is 7.72. The summed E-state index contributed by atoms with van der Waals surface area (Å²) in [4.78, 5) is 12.9. The van der Waals surface area contributed by atoms with Crippen LogP contribution in [0.4, 0.5) is 0 Å². The van der Waals surface area contributed by atoms with Crippen LogP contribution >= 0.6 is 11.8 Å². The number of nitrogens with one attached hydrogen (secondary N) is 1. The first kappa shape index (κ1) is 14.4. The molecule has 1 aliphatic rings.